The summed E-state index contributed by atoms with van der Waals surface area (Å²) in [5.41, 5.74) is 3.64. The lowest BCUT2D eigenvalue weighted by molar-refractivity contribution is -0.134. The number of hydrogen-bond donors (Lipinski definition) is 2. The summed E-state index contributed by atoms with van der Waals surface area (Å²) in [6.07, 6.45) is 6.01. The molecule has 0 radical (unpaired) electrons. The standard InChI is InChI=1S/C22H30FN3O3/c1-3-17-10-19-16(8-15(9-20(19)23)21(28)24-29)13-26(17)18-11-22(12-18)4-6-25(7-5-22)14(2)27/h8-9,17-18,29H,3-7,10-13H2,1-2H3,(H,24,28). The van der Waals surface area contributed by atoms with Gasteiger partial charge in [-0.1, -0.05) is 6.92 Å². The van der Waals surface area contributed by atoms with E-state index in [0.717, 1.165) is 50.8 Å². The lowest BCUT2D eigenvalue weighted by Gasteiger charge is -2.57. The summed E-state index contributed by atoms with van der Waals surface area (Å²) in [6, 6.07) is 3.70. The van der Waals surface area contributed by atoms with Gasteiger partial charge in [-0.3, -0.25) is 19.7 Å². The average molecular weight is 403 g/mol. The molecule has 29 heavy (non-hydrogen) atoms. The van der Waals surface area contributed by atoms with Crippen molar-refractivity contribution < 1.29 is 19.2 Å². The van der Waals surface area contributed by atoms with E-state index < -0.39 is 5.91 Å². The fraction of sp³-hybridized carbons (Fsp3) is 0.636. The molecule has 6 nitrogen and oxygen atoms in total. The number of carbonyl (C=O) groups excluding carboxylic acids is 2. The van der Waals surface area contributed by atoms with E-state index in [1.807, 2.05) is 4.90 Å². The minimum Gasteiger partial charge on any atom is -0.343 e. The number of benzene rings is 1. The molecule has 1 aromatic carbocycles. The van der Waals surface area contributed by atoms with Gasteiger partial charge >= 0.3 is 0 Å². The second kappa shape index (κ2) is 7.69. The number of likely N-dealkylation sites (tertiary alicyclic amines) is 1. The number of hydroxylamine groups is 1. The smallest absolute Gasteiger partial charge is 0.274 e. The molecule has 2 amide bonds. The van der Waals surface area contributed by atoms with Crippen molar-refractivity contribution in [2.45, 2.75) is 71.0 Å². The highest BCUT2D eigenvalue weighted by atomic mass is 19.1. The van der Waals surface area contributed by atoms with Crippen molar-refractivity contribution in [2.75, 3.05) is 13.1 Å². The van der Waals surface area contributed by atoms with Crippen molar-refractivity contribution in [2.24, 2.45) is 5.41 Å². The van der Waals surface area contributed by atoms with Crippen LogP contribution in [0.15, 0.2) is 12.1 Å². The Balaban J connectivity index is 1.48. The number of halogens is 1. The van der Waals surface area contributed by atoms with E-state index in [1.54, 1.807) is 18.5 Å². The molecule has 1 aliphatic carbocycles. The van der Waals surface area contributed by atoms with Crippen molar-refractivity contribution in [3.8, 4) is 0 Å². The van der Waals surface area contributed by atoms with Gasteiger partial charge < -0.3 is 4.90 Å². The molecule has 158 valence electrons. The molecule has 0 bridgehead atoms. The van der Waals surface area contributed by atoms with Crippen LogP contribution in [0.1, 0.15) is 67.4 Å². The van der Waals surface area contributed by atoms with Gasteiger partial charge in [-0.15, -0.1) is 0 Å². The maximum Gasteiger partial charge on any atom is 0.274 e. The highest BCUT2D eigenvalue weighted by Crippen LogP contribution is 2.52. The molecule has 1 unspecified atom stereocenters. The van der Waals surface area contributed by atoms with Crippen LogP contribution in [0.4, 0.5) is 4.39 Å². The van der Waals surface area contributed by atoms with E-state index in [1.165, 1.54) is 6.07 Å². The maximum atomic E-state index is 14.6. The van der Waals surface area contributed by atoms with Crippen LogP contribution in [0.25, 0.3) is 0 Å². The Labute approximate surface area is 171 Å². The van der Waals surface area contributed by atoms with Gasteiger partial charge in [0.25, 0.3) is 5.91 Å². The molecule has 1 aromatic rings. The highest BCUT2D eigenvalue weighted by Gasteiger charge is 2.49. The van der Waals surface area contributed by atoms with Crippen molar-refractivity contribution in [3.63, 3.8) is 0 Å². The van der Waals surface area contributed by atoms with Gasteiger partial charge in [-0.05, 0) is 67.2 Å². The molecule has 1 atom stereocenters. The molecule has 1 saturated heterocycles. The summed E-state index contributed by atoms with van der Waals surface area (Å²) in [5.74, 6) is -0.879. The third-order valence-corrected chi connectivity index (χ3v) is 7.46. The van der Waals surface area contributed by atoms with Gasteiger partial charge in [0.05, 0.1) is 0 Å². The lowest BCUT2D eigenvalue weighted by atomic mass is 9.59. The molecule has 7 heteroatoms. The van der Waals surface area contributed by atoms with Crippen LogP contribution in [0.2, 0.25) is 0 Å². The van der Waals surface area contributed by atoms with Crippen LogP contribution in [0.5, 0.6) is 0 Å². The molecule has 2 fully saturated rings. The zero-order chi connectivity index (χ0) is 20.8. The third kappa shape index (κ3) is 3.66. The first-order valence-electron chi connectivity index (χ1n) is 10.6. The van der Waals surface area contributed by atoms with Gasteiger partial charge in [0.15, 0.2) is 0 Å². The maximum absolute atomic E-state index is 14.6. The number of amides is 2. The Morgan fingerprint density at radius 2 is 1.97 bits per heavy atom. The molecule has 4 rings (SSSR count). The van der Waals surface area contributed by atoms with Crippen LogP contribution in [0, 0.1) is 11.2 Å². The van der Waals surface area contributed by atoms with Crippen molar-refractivity contribution in [1.82, 2.24) is 15.3 Å². The van der Waals surface area contributed by atoms with E-state index in [0.29, 0.717) is 36.0 Å². The predicted molar refractivity (Wildman–Crippen MR) is 106 cm³/mol. The van der Waals surface area contributed by atoms with Crippen molar-refractivity contribution >= 4 is 11.8 Å². The van der Waals surface area contributed by atoms with Gasteiger partial charge in [0, 0.05) is 44.2 Å². The second-order valence-corrected chi connectivity index (χ2v) is 9.04. The first-order valence-corrected chi connectivity index (χ1v) is 10.6. The molecule has 1 spiro atoms. The topological polar surface area (TPSA) is 72.9 Å². The van der Waals surface area contributed by atoms with Gasteiger partial charge in [-0.25, -0.2) is 9.87 Å². The zero-order valence-corrected chi connectivity index (χ0v) is 17.2. The highest BCUT2D eigenvalue weighted by molar-refractivity contribution is 5.93. The van der Waals surface area contributed by atoms with E-state index in [4.69, 9.17) is 5.21 Å². The SMILES string of the molecule is CCC1Cc2c(F)cc(C(=O)NO)cc2CN1C1CC2(CCN(C(C)=O)CC2)C1. The molecule has 1 saturated carbocycles. The quantitative estimate of drug-likeness (QED) is 0.601. The summed E-state index contributed by atoms with van der Waals surface area (Å²) in [7, 11) is 0. The Morgan fingerprint density at radius 1 is 1.28 bits per heavy atom. The van der Waals surface area contributed by atoms with E-state index in [9.17, 15) is 14.0 Å². The molecule has 3 aliphatic rings. The summed E-state index contributed by atoms with van der Waals surface area (Å²) in [6.45, 7) is 6.13. The molecule has 0 aromatic heterocycles. The fourth-order valence-electron chi connectivity index (χ4n) is 5.62. The summed E-state index contributed by atoms with van der Waals surface area (Å²) in [5, 5.41) is 8.89. The number of rotatable bonds is 3. The van der Waals surface area contributed by atoms with Crippen LogP contribution >= 0.6 is 0 Å². The summed E-state index contributed by atoms with van der Waals surface area (Å²) >= 11 is 0. The molecule has 2 heterocycles. The second-order valence-electron chi connectivity index (χ2n) is 9.04. The lowest BCUT2D eigenvalue weighted by Crippen LogP contribution is -2.58. The minimum atomic E-state index is -0.685. The van der Waals surface area contributed by atoms with E-state index in [2.05, 4.69) is 11.8 Å². The molecular weight excluding hydrogens is 373 g/mol. The molecule has 2 aliphatic heterocycles. The normalized spacial score (nSPS) is 24.1. The van der Waals surface area contributed by atoms with Gasteiger partial charge in [-0.2, -0.15) is 0 Å². The van der Waals surface area contributed by atoms with Crippen LogP contribution in [-0.4, -0.2) is 52.0 Å². The van der Waals surface area contributed by atoms with Gasteiger partial charge in [0.1, 0.15) is 5.82 Å². The Morgan fingerprint density at radius 3 is 2.55 bits per heavy atom. The van der Waals surface area contributed by atoms with Crippen molar-refractivity contribution in [1.29, 1.82) is 0 Å². The number of piperidine rings is 1. The third-order valence-electron chi connectivity index (χ3n) is 7.46. The Hall–Kier alpha value is -1.99. The van der Waals surface area contributed by atoms with Crippen LogP contribution in [-0.2, 0) is 17.8 Å². The minimum absolute atomic E-state index is 0.153. The van der Waals surface area contributed by atoms with Gasteiger partial charge in [0.2, 0.25) is 5.91 Å². The van der Waals surface area contributed by atoms with Crippen LogP contribution < -0.4 is 5.48 Å². The Kier molecular flexibility index (Phi) is 5.38. The number of hydrogen-bond acceptors (Lipinski definition) is 4. The average Bonchev–Trinajstić information content (AvgIpc) is 2.70. The molecule has 2 N–H and O–H groups in total. The largest absolute Gasteiger partial charge is 0.343 e. The summed E-state index contributed by atoms with van der Waals surface area (Å²) < 4.78 is 14.6. The Bertz CT molecular complexity index is 812. The zero-order valence-electron chi connectivity index (χ0n) is 17.2. The molecular formula is C22H30FN3O3. The van der Waals surface area contributed by atoms with Crippen molar-refractivity contribution in [3.05, 3.63) is 34.6 Å². The number of nitrogens with zero attached hydrogens (tertiary/aromatic N) is 2. The predicted octanol–water partition coefficient (Wildman–Crippen LogP) is 2.87. The first kappa shape index (κ1) is 20.3. The number of fused-ring (bicyclic) bond motifs is 1. The monoisotopic (exact) mass is 403 g/mol. The van der Waals surface area contributed by atoms with Crippen LogP contribution in [0.3, 0.4) is 0 Å². The number of nitrogens with one attached hydrogen (secondary N) is 1. The van der Waals surface area contributed by atoms with E-state index >= 15 is 0 Å². The fourth-order valence-corrected chi connectivity index (χ4v) is 5.62. The number of carbonyl (C=O) groups is 2. The van der Waals surface area contributed by atoms with E-state index in [-0.39, 0.29) is 17.3 Å². The summed E-state index contributed by atoms with van der Waals surface area (Å²) in [4.78, 5) is 27.8. The first-order chi connectivity index (χ1) is 13.9.